The molecule has 0 bridgehead atoms. The molecule has 0 aromatic heterocycles. The molecule has 0 aliphatic heterocycles. The number of nitrogens with zero attached hydrogens (tertiary/aromatic N) is 1. The van der Waals surface area contributed by atoms with E-state index in [1.807, 2.05) is 0 Å². The second-order valence-electron chi connectivity index (χ2n) is 3.84. The number of rotatable bonds is 4. The van der Waals surface area contributed by atoms with Gasteiger partial charge in [0.2, 0.25) is 0 Å². The highest BCUT2D eigenvalue weighted by Crippen LogP contribution is 2.11. The summed E-state index contributed by atoms with van der Waals surface area (Å²) in [6.45, 7) is 0.586. The molecule has 1 aromatic rings. The molecule has 1 rings (SSSR count). The molecule has 1 amide bonds. The van der Waals surface area contributed by atoms with Crippen LogP contribution in [-0.2, 0) is 16.3 Å². The van der Waals surface area contributed by atoms with Crippen molar-refractivity contribution in [3.8, 4) is 0 Å². The Hall–Kier alpha value is -0.880. The van der Waals surface area contributed by atoms with Crippen molar-refractivity contribution in [3.05, 3.63) is 29.8 Å². The highest BCUT2D eigenvalue weighted by Gasteiger charge is 2.07. The zero-order chi connectivity index (χ0) is 13.1. The van der Waals surface area contributed by atoms with Gasteiger partial charge in [-0.3, -0.25) is 4.79 Å². The Morgan fingerprint density at radius 3 is 2.24 bits per heavy atom. The van der Waals surface area contributed by atoms with Crippen molar-refractivity contribution < 1.29 is 13.2 Å². The van der Waals surface area contributed by atoms with E-state index >= 15 is 0 Å². The van der Waals surface area contributed by atoms with Crippen molar-refractivity contribution in [2.24, 2.45) is 0 Å². The Balaban J connectivity index is 2.67. The molecule has 17 heavy (non-hydrogen) atoms. The summed E-state index contributed by atoms with van der Waals surface area (Å²) < 4.78 is 22.5. The number of hydrogen-bond acceptors (Lipinski definition) is 3. The number of carbonyl (C=O) groups excluding carboxylic acids is 1. The average Bonchev–Trinajstić information content (AvgIpc) is 2.25. The van der Waals surface area contributed by atoms with Gasteiger partial charge in [-0.15, -0.1) is 0 Å². The zero-order valence-electron chi connectivity index (χ0n) is 9.68. The molecule has 6 heteroatoms. The predicted molar refractivity (Wildman–Crippen MR) is 70.2 cm³/mol. The first-order valence-corrected chi connectivity index (χ1v) is 7.69. The fraction of sp³-hybridized carbons (Fsp3) is 0.364. The molecule has 0 N–H and O–H groups in total. The SMILES string of the molecule is CN(CCc1ccc(S(C)(=O)=O)cc1)C(=O)Br. The quantitative estimate of drug-likeness (QED) is 0.630. The maximum atomic E-state index is 11.2. The maximum absolute atomic E-state index is 11.2. The van der Waals surface area contributed by atoms with Crippen LogP contribution in [0.5, 0.6) is 0 Å². The second-order valence-corrected chi connectivity index (χ2v) is 6.53. The summed E-state index contributed by atoms with van der Waals surface area (Å²) in [7, 11) is -1.44. The van der Waals surface area contributed by atoms with Crippen LogP contribution >= 0.6 is 15.9 Å². The Morgan fingerprint density at radius 2 is 1.82 bits per heavy atom. The van der Waals surface area contributed by atoms with Crippen molar-refractivity contribution in [1.29, 1.82) is 0 Å². The molecule has 1 aromatic carbocycles. The molecule has 0 fully saturated rings. The van der Waals surface area contributed by atoms with E-state index in [2.05, 4.69) is 15.9 Å². The van der Waals surface area contributed by atoms with Crippen molar-refractivity contribution in [3.63, 3.8) is 0 Å². The summed E-state index contributed by atoms with van der Waals surface area (Å²) >= 11 is 2.86. The lowest BCUT2D eigenvalue weighted by molar-refractivity contribution is 0.235. The number of benzene rings is 1. The Bertz CT molecular complexity index is 496. The topological polar surface area (TPSA) is 54.5 Å². The maximum Gasteiger partial charge on any atom is 0.289 e. The highest BCUT2D eigenvalue weighted by molar-refractivity contribution is 9.18. The van der Waals surface area contributed by atoms with Gasteiger partial charge in [0.05, 0.1) is 4.90 Å². The highest BCUT2D eigenvalue weighted by atomic mass is 79.9. The second kappa shape index (κ2) is 5.64. The standard InChI is InChI=1S/C11H14BrNO3S/c1-13(11(12)14)8-7-9-3-5-10(6-4-9)17(2,15)16/h3-6H,7-8H2,1-2H3. The summed E-state index contributed by atoms with van der Waals surface area (Å²) in [5, 5.41) is 0. The van der Waals surface area contributed by atoms with Crippen LogP contribution in [0.2, 0.25) is 0 Å². The van der Waals surface area contributed by atoms with Crippen molar-refractivity contribution in [2.45, 2.75) is 11.3 Å². The van der Waals surface area contributed by atoms with Crippen LogP contribution in [-0.4, -0.2) is 38.0 Å². The number of sulfone groups is 1. The molecular weight excluding hydrogens is 306 g/mol. The minimum atomic E-state index is -3.14. The van der Waals surface area contributed by atoms with Crippen molar-refractivity contribution in [2.75, 3.05) is 19.8 Å². The first-order valence-electron chi connectivity index (χ1n) is 5.00. The van der Waals surface area contributed by atoms with Crippen LogP contribution < -0.4 is 0 Å². The van der Waals surface area contributed by atoms with Gasteiger partial charge in [0.15, 0.2) is 9.84 Å². The van der Waals surface area contributed by atoms with E-state index in [1.165, 1.54) is 6.26 Å². The largest absolute Gasteiger partial charge is 0.336 e. The van der Waals surface area contributed by atoms with Crippen LogP contribution in [0, 0.1) is 0 Å². The van der Waals surface area contributed by atoms with Gasteiger partial charge < -0.3 is 4.90 Å². The summed E-state index contributed by atoms with van der Waals surface area (Å²) in [6.07, 6.45) is 1.87. The molecule has 0 spiro atoms. The van der Waals surface area contributed by atoms with Crippen molar-refractivity contribution >= 4 is 30.6 Å². The molecular formula is C11H14BrNO3S. The number of carbonyl (C=O) groups is 1. The molecule has 0 heterocycles. The number of amides is 1. The summed E-state index contributed by atoms with van der Waals surface area (Å²) in [5.74, 6) is 0. The number of halogens is 1. The molecule has 94 valence electrons. The fourth-order valence-corrected chi connectivity index (χ4v) is 2.10. The van der Waals surface area contributed by atoms with Crippen molar-refractivity contribution in [1.82, 2.24) is 4.90 Å². The smallest absolute Gasteiger partial charge is 0.289 e. The van der Waals surface area contributed by atoms with Gasteiger partial charge in [0, 0.05) is 35.8 Å². The van der Waals surface area contributed by atoms with Gasteiger partial charge in [-0.25, -0.2) is 8.42 Å². The third-order valence-corrected chi connectivity index (χ3v) is 4.12. The van der Waals surface area contributed by atoms with Crippen LogP contribution in [0.25, 0.3) is 0 Å². The summed E-state index contributed by atoms with van der Waals surface area (Å²) in [6, 6.07) is 6.70. The van der Waals surface area contributed by atoms with E-state index in [9.17, 15) is 13.2 Å². The minimum Gasteiger partial charge on any atom is -0.336 e. The van der Waals surface area contributed by atoms with Crippen LogP contribution in [0.15, 0.2) is 29.2 Å². The average molecular weight is 320 g/mol. The van der Waals surface area contributed by atoms with Gasteiger partial charge in [-0.05, 0) is 24.1 Å². The minimum absolute atomic E-state index is 0.162. The molecule has 0 atom stereocenters. The van der Waals surface area contributed by atoms with E-state index in [4.69, 9.17) is 0 Å². The molecule has 0 radical (unpaired) electrons. The molecule has 0 aliphatic carbocycles. The lowest BCUT2D eigenvalue weighted by Gasteiger charge is -2.13. The van der Waals surface area contributed by atoms with E-state index in [0.29, 0.717) is 17.9 Å². The van der Waals surface area contributed by atoms with Gasteiger partial charge in [0.25, 0.3) is 4.82 Å². The fourth-order valence-electron chi connectivity index (χ4n) is 1.29. The van der Waals surface area contributed by atoms with Gasteiger partial charge in [-0.1, -0.05) is 12.1 Å². The normalized spacial score (nSPS) is 11.2. The van der Waals surface area contributed by atoms with E-state index < -0.39 is 9.84 Å². The third kappa shape index (κ3) is 4.47. The molecule has 0 aliphatic rings. The first-order chi connectivity index (χ1) is 7.80. The van der Waals surface area contributed by atoms with E-state index in [-0.39, 0.29) is 4.82 Å². The van der Waals surface area contributed by atoms with Gasteiger partial charge >= 0.3 is 0 Å². The summed E-state index contributed by atoms with van der Waals surface area (Å²) in [5.41, 5.74) is 0.998. The lowest BCUT2D eigenvalue weighted by atomic mass is 10.1. The summed E-state index contributed by atoms with van der Waals surface area (Å²) in [4.78, 5) is 12.6. The molecule has 0 saturated carbocycles. The van der Waals surface area contributed by atoms with E-state index in [0.717, 1.165) is 5.56 Å². The van der Waals surface area contributed by atoms with Crippen LogP contribution in [0.3, 0.4) is 0 Å². The Labute approximate surface area is 110 Å². The molecule has 0 unspecified atom stereocenters. The van der Waals surface area contributed by atoms with Crippen LogP contribution in [0.4, 0.5) is 4.79 Å². The Morgan fingerprint density at radius 1 is 1.29 bits per heavy atom. The zero-order valence-corrected chi connectivity index (χ0v) is 12.1. The number of likely N-dealkylation sites (N-methyl/N-ethyl adjacent to an activating group) is 1. The monoisotopic (exact) mass is 319 g/mol. The van der Waals surface area contributed by atoms with Gasteiger partial charge in [-0.2, -0.15) is 0 Å². The first kappa shape index (κ1) is 14.2. The molecule has 0 saturated heterocycles. The third-order valence-electron chi connectivity index (χ3n) is 2.39. The van der Waals surface area contributed by atoms with Crippen LogP contribution in [0.1, 0.15) is 5.56 Å². The van der Waals surface area contributed by atoms with E-state index in [1.54, 1.807) is 36.2 Å². The lowest BCUT2D eigenvalue weighted by Crippen LogP contribution is -2.23. The Kier molecular flexibility index (Phi) is 4.70. The van der Waals surface area contributed by atoms with Gasteiger partial charge in [0.1, 0.15) is 0 Å². The number of hydrogen-bond donors (Lipinski definition) is 0. The molecule has 4 nitrogen and oxygen atoms in total. The predicted octanol–water partition coefficient (Wildman–Crippen LogP) is 2.08.